The molecule has 0 unspecified atom stereocenters. The normalized spacial score (nSPS) is 11.5. The molecular weight excluding hydrogens is 188 g/mol. The van der Waals surface area contributed by atoms with Crippen molar-refractivity contribution in [3.63, 3.8) is 0 Å². The lowest BCUT2D eigenvalue weighted by Gasteiger charge is -2.07. The summed E-state index contributed by atoms with van der Waals surface area (Å²) in [5, 5.41) is 0. The lowest BCUT2D eigenvalue weighted by Crippen LogP contribution is -2.18. The van der Waals surface area contributed by atoms with Gasteiger partial charge in [-0.25, -0.2) is 4.79 Å². The van der Waals surface area contributed by atoms with Crippen LogP contribution in [0.15, 0.2) is 23.0 Å². The molecule has 1 aromatic carbocycles. The number of H-pyrrole nitrogens is 1. The largest absolute Gasteiger partial charge is 0.326 e. The zero-order chi connectivity index (χ0) is 11.0. The van der Waals surface area contributed by atoms with Crippen LogP contribution in [0.2, 0.25) is 0 Å². The summed E-state index contributed by atoms with van der Waals surface area (Å²) in [4.78, 5) is 14.6. The predicted molar refractivity (Wildman–Crippen MR) is 62.3 cm³/mol. The molecule has 0 fully saturated rings. The molecule has 3 nitrogen and oxygen atoms in total. The van der Waals surface area contributed by atoms with Gasteiger partial charge in [-0.1, -0.05) is 13.0 Å². The maximum atomic E-state index is 11.7. The fourth-order valence-electron chi connectivity index (χ4n) is 1.90. The maximum absolute atomic E-state index is 11.7. The highest BCUT2D eigenvalue weighted by atomic mass is 16.1. The van der Waals surface area contributed by atoms with Gasteiger partial charge in [0.05, 0.1) is 11.0 Å². The third kappa shape index (κ3) is 1.58. The molecule has 0 aliphatic heterocycles. The van der Waals surface area contributed by atoms with Gasteiger partial charge in [-0.15, -0.1) is 0 Å². The van der Waals surface area contributed by atoms with E-state index in [1.165, 1.54) is 5.56 Å². The molecule has 80 valence electrons. The second-order valence-electron chi connectivity index (χ2n) is 4.10. The van der Waals surface area contributed by atoms with Gasteiger partial charge in [0.2, 0.25) is 0 Å². The van der Waals surface area contributed by atoms with E-state index in [1.807, 2.05) is 19.9 Å². The zero-order valence-corrected chi connectivity index (χ0v) is 9.37. The van der Waals surface area contributed by atoms with Gasteiger partial charge in [0, 0.05) is 6.04 Å². The summed E-state index contributed by atoms with van der Waals surface area (Å²) in [6, 6.07) is 6.32. The number of aryl methyl sites for hydroxylation is 1. The molecule has 1 N–H and O–H groups in total. The first-order valence-electron chi connectivity index (χ1n) is 5.36. The molecule has 0 radical (unpaired) electrons. The first-order chi connectivity index (χ1) is 7.13. The third-order valence-corrected chi connectivity index (χ3v) is 2.71. The summed E-state index contributed by atoms with van der Waals surface area (Å²) in [7, 11) is 0. The quantitative estimate of drug-likeness (QED) is 0.801. The molecule has 3 heteroatoms. The Bertz CT molecular complexity index is 534. The standard InChI is InChI=1S/C12H16N2O/c1-4-9-5-6-10-11(7-9)14(8(2)3)12(15)13-10/h5-8H,4H2,1-3H3,(H,13,15). The smallest absolute Gasteiger partial charge is 0.306 e. The lowest BCUT2D eigenvalue weighted by atomic mass is 10.1. The molecule has 2 rings (SSSR count). The van der Waals surface area contributed by atoms with Gasteiger partial charge < -0.3 is 4.98 Å². The molecule has 1 heterocycles. The van der Waals surface area contributed by atoms with Crippen LogP contribution in [-0.4, -0.2) is 9.55 Å². The minimum absolute atomic E-state index is 0.0201. The first-order valence-corrected chi connectivity index (χ1v) is 5.36. The van der Waals surface area contributed by atoms with Gasteiger partial charge >= 0.3 is 5.69 Å². The number of aromatic nitrogens is 2. The Balaban J connectivity index is 2.78. The van der Waals surface area contributed by atoms with E-state index in [2.05, 4.69) is 24.0 Å². The molecule has 0 amide bonds. The molecule has 2 aromatic rings. The van der Waals surface area contributed by atoms with Crippen LogP contribution < -0.4 is 5.69 Å². The second kappa shape index (κ2) is 3.57. The average Bonchev–Trinajstić information content (AvgIpc) is 2.52. The third-order valence-electron chi connectivity index (χ3n) is 2.71. The zero-order valence-electron chi connectivity index (χ0n) is 9.37. The van der Waals surface area contributed by atoms with Crippen LogP contribution in [0, 0.1) is 0 Å². The number of imidazole rings is 1. The molecule has 0 saturated carbocycles. The summed E-state index contributed by atoms with van der Waals surface area (Å²) in [5.74, 6) is 0. The Morgan fingerprint density at radius 2 is 2.13 bits per heavy atom. The van der Waals surface area contributed by atoms with Crippen molar-refractivity contribution in [2.75, 3.05) is 0 Å². The van der Waals surface area contributed by atoms with E-state index in [9.17, 15) is 4.79 Å². The van der Waals surface area contributed by atoms with Crippen LogP contribution in [0.5, 0.6) is 0 Å². The topological polar surface area (TPSA) is 37.8 Å². The molecule has 0 spiro atoms. The van der Waals surface area contributed by atoms with Crippen molar-refractivity contribution in [3.8, 4) is 0 Å². The minimum Gasteiger partial charge on any atom is -0.306 e. The van der Waals surface area contributed by atoms with Crippen molar-refractivity contribution in [2.24, 2.45) is 0 Å². The van der Waals surface area contributed by atoms with E-state index in [-0.39, 0.29) is 11.7 Å². The van der Waals surface area contributed by atoms with Crippen LogP contribution in [0.4, 0.5) is 0 Å². The van der Waals surface area contributed by atoms with Crippen LogP contribution in [0.1, 0.15) is 32.4 Å². The van der Waals surface area contributed by atoms with E-state index in [0.717, 1.165) is 17.5 Å². The highest BCUT2D eigenvalue weighted by Crippen LogP contribution is 2.16. The molecule has 0 bridgehead atoms. The monoisotopic (exact) mass is 204 g/mol. The number of fused-ring (bicyclic) bond motifs is 1. The summed E-state index contributed by atoms with van der Waals surface area (Å²) < 4.78 is 1.80. The number of nitrogens with one attached hydrogen (secondary N) is 1. The van der Waals surface area contributed by atoms with Crippen molar-refractivity contribution < 1.29 is 0 Å². The number of hydrogen-bond acceptors (Lipinski definition) is 1. The van der Waals surface area contributed by atoms with Crippen molar-refractivity contribution in [1.29, 1.82) is 0 Å². The van der Waals surface area contributed by atoms with Gasteiger partial charge in [0.15, 0.2) is 0 Å². The summed E-state index contributed by atoms with van der Waals surface area (Å²) in [5.41, 5.74) is 3.17. The SMILES string of the molecule is CCc1ccc2[nH]c(=O)n(C(C)C)c2c1. The summed E-state index contributed by atoms with van der Waals surface area (Å²) in [6.45, 7) is 6.16. The number of rotatable bonds is 2. The number of benzene rings is 1. The first kappa shape index (κ1) is 10.0. The van der Waals surface area contributed by atoms with Gasteiger partial charge in [-0.05, 0) is 38.0 Å². The van der Waals surface area contributed by atoms with Crippen LogP contribution in [-0.2, 0) is 6.42 Å². The van der Waals surface area contributed by atoms with E-state index in [0.29, 0.717) is 0 Å². The Morgan fingerprint density at radius 3 is 2.73 bits per heavy atom. The molecule has 15 heavy (non-hydrogen) atoms. The molecule has 0 aliphatic carbocycles. The van der Waals surface area contributed by atoms with Gasteiger partial charge in [-0.3, -0.25) is 4.57 Å². The van der Waals surface area contributed by atoms with Crippen LogP contribution >= 0.6 is 0 Å². The second-order valence-corrected chi connectivity index (χ2v) is 4.10. The summed E-state index contributed by atoms with van der Waals surface area (Å²) in [6.07, 6.45) is 0.993. The van der Waals surface area contributed by atoms with E-state index in [4.69, 9.17) is 0 Å². The average molecular weight is 204 g/mol. The van der Waals surface area contributed by atoms with E-state index in [1.54, 1.807) is 4.57 Å². The van der Waals surface area contributed by atoms with Crippen molar-refractivity contribution in [1.82, 2.24) is 9.55 Å². The van der Waals surface area contributed by atoms with E-state index >= 15 is 0 Å². The maximum Gasteiger partial charge on any atom is 0.326 e. The molecule has 0 atom stereocenters. The van der Waals surface area contributed by atoms with Crippen LogP contribution in [0.25, 0.3) is 11.0 Å². The van der Waals surface area contributed by atoms with Crippen molar-refractivity contribution in [2.45, 2.75) is 33.2 Å². The highest BCUT2D eigenvalue weighted by molar-refractivity contribution is 5.76. The fraction of sp³-hybridized carbons (Fsp3) is 0.417. The van der Waals surface area contributed by atoms with Gasteiger partial charge in [0.1, 0.15) is 0 Å². The highest BCUT2D eigenvalue weighted by Gasteiger charge is 2.09. The van der Waals surface area contributed by atoms with Crippen LogP contribution in [0.3, 0.4) is 0 Å². The lowest BCUT2D eigenvalue weighted by molar-refractivity contribution is 0.598. The van der Waals surface area contributed by atoms with Gasteiger partial charge in [0.25, 0.3) is 0 Å². The van der Waals surface area contributed by atoms with Crippen molar-refractivity contribution >= 4 is 11.0 Å². The number of aromatic amines is 1. The predicted octanol–water partition coefficient (Wildman–Crippen LogP) is 2.47. The minimum atomic E-state index is -0.0201. The molecular formula is C12H16N2O. The fourth-order valence-corrected chi connectivity index (χ4v) is 1.90. The molecule has 0 saturated heterocycles. The Labute approximate surface area is 88.7 Å². The Hall–Kier alpha value is -1.51. The summed E-state index contributed by atoms with van der Waals surface area (Å²) >= 11 is 0. The Kier molecular flexibility index (Phi) is 2.39. The van der Waals surface area contributed by atoms with Gasteiger partial charge in [-0.2, -0.15) is 0 Å². The molecule has 0 aliphatic rings. The molecule has 1 aromatic heterocycles. The Morgan fingerprint density at radius 1 is 1.40 bits per heavy atom. The van der Waals surface area contributed by atoms with Crippen molar-refractivity contribution in [3.05, 3.63) is 34.2 Å². The number of nitrogens with zero attached hydrogens (tertiary/aromatic N) is 1. The van der Waals surface area contributed by atoms with E-state index < -0.39 is 0 Å². The number of hydrogen-bond donors (Lipinski definition) is 1.